The van der Waals surface area contributed by atoms with E-state index in [0.29, 0.717) is 12.1 Å². The van der Waals surface area contributed by atoms with E-state index in [0.717, 1.165) is 21.0 Å². The van der Waals surface area contributed by atoms with E-state index < -0.39 is 11.2 Å². The lowest BCUT2D eigenvalue weighted by Crippen LogP contribution is -2.43. The Hall–Kier alpha value is -2.26. The molecule has 3 rings (SSSR count). The second kappa shape index (κ2) is 6.70. The highest BCUT2D eigenvalue weighted by Gasteiger charge is 2.18. The zero-order valence-electron chi connectivity index (χ0n) is 13.2. The molecule has 0 unspecified atom stereocenters. The minimum Gasteiger partial charge on any atom is -0.350 e. The van der Waals surface area contributed by atoms with Crippen LogP contribution in [0.25, 0.3) is 11.0 Å². The predicted octanol–water partition coefficient (Wildman–Crippen LogP) is 1.58. The molecule has 0 saturated carbocycles. The van der Waals surface area contributed by atoms with Crippen molar-refractivity contribution in [2.45, 2.75) is 33.0 Å². The van der Waals surface area contributed by atoms with E-state index in [1.807, 2.05) is 17.5 Å². The van der Waals surface area contributed by atoms with Gasteiger partial charge in [0.1, 0.15) is 6.54 Å². The Bertz CT molecular complexity index is 982. The predicted molar refractivity (Wildman–Crippen MR) is 94.7 cm³/mol. The van der Waals surface area contributed by atoms with Gasteiger partial charge in [0.2, 0.25) is 5.91 Å². The fourth-order valence-electron chi connectivity index (χ4n) is 2.41. The highest BCUT2D eigenvalue weighted by atomic mass is 32.1. The van der Waals surface area contributed by atoms with E-state index in [4.69, 9.17) is 0 Å². The molecule has 0 aliphatic carbocycles. The van der Waals surface area contributed by atoms with Crippen molar-refractivity contribution in [2.24, 2.45) is 0 Å². The van der Waals surface area contributed by atoms with Crippen LogP contribution in [-0.4, -0.2) is 19.4 Å². The Morgan fingerprint density at radius 2 is 2.17 bits per heavy atom. The van der Waals surface area contributed by atoms with Gasteiger partial charge in [0.05, 0.1) is 12.1 Å². The van der Waals surface area contributed by atoms with Crippen LogP contribution < -0.4 is 16.6 Å². The van der Waals surface area contributed by atoms with Crippen LogP contribution in [0.2, 0.25) is 0 Å². The number of carbonyl (C=O) groups excluding carboxylic acids is 1. The molecule has 7 nitrogen and oxygen atoms in total. The van der Waals surface area contributed by atoms with Gasteiger partial charge in [-0.15, -0.1) is 11.3 Å². The average Bonchev–Trinajstić information content (AvgIpc) is 3.20. The largest absolute Gasteiger partial charge is 0.350 e. The van der Waals surface area contributed by atoms with Gasteiger partial charge in [-0.1, -0.05) is 6.07 Å². The van der Waals surface area contributed by atoms with Gasteiger partial charge in [-0.3, -0.25) is 18.7 Å². The third kappa shape index (κ3) is 3.04. The molecule has 0 atom stereocenters. The monoisotopic (exact) mass is 364 g/mol. The van der Waals surface area contributed by atoms with Crippen LogP contribution in [-0.2, 0) is 17.9 Å². The van der Waals surface area contributed by atoms with Gasteiger partial charge in [-0.05, 0) is 36.8 Å². The summed E-state index contributed by atoms with van der Waals surface area (Å²) in [7, 11) is 0. The van der Waals surface area contributed by atoms with Crippen molar-refractivity contribution in [3.63, 3.8) is 0 Å². The van der Waals surface area contributed by atoms with Crippen molar-refractivity contribution < 1.29 is 4.79 Å². The Balaban J connectivity index is 1.94. The van der Waals surface area contributed by atoms with Gasteiger partial charge in [0.15, 0.2) is 5.52 Å². The van der Waals surface area contributed by atoms with Crippen molar-refractivity contribution in [3.8, 4) is 0 Å². The Kier molecular flexibility index (Phi) is 4.63. The molecule has 0 spiro atoms. The van der Waals surface area contributed by atoms with E-state index in [2.05, 4.69) is 9.69 Å². The summed E-state index contributed by atoms with van der Waals surface area (Å²) < 4.78 is 6.52. The summed E-state index contributed by atoms with van der Waals surface area (Å²) in [5.41, 5.74) is -0.284. The molecule has 24 heavy (non-hydrogen) atoms. The van der Waals surface area contributed by atoms with Gasteiger partial charge < -0.3 is 5.32 Å². The lowest BCUT2D eigenvalue weighted by Gasteiger charge is -2.13. The van der Waals surface area contributed by atoms with Crippen molar-refractivity contribution >= 4 is 39.8 Å². The average molecular weight is 364 g/mol. The van der Waals surface area contributed by atoms with E-state index in [-0.39, 0.29) is 24.0 Å². The molecule has 3 heterocycles. The Morgan fingerprint density at radius 1 is 1.38 bits per heavy atom. The molecule has 0 bridgehead atoms. The number of nitrogens with one attached hydrogen (secondary N) is 1. The van der Waals surface area contributed by atoms with Crippen LogP contribution in [0.5, 0.6) is 0 Å². The van der Waals surface area contributed by atoms with Crippen LogP contribution in [0, 0.1) is 0 Å². The number of fused-ring (bicyclic) bond motifs is 1. The number of aromatic nitrogens is 3. The number of hydrogen-bond donors (Lipinski definition) is 1. The maximum atomic E-state index is 12.6. The third-order valence-corrected chi connectivity index (χ3v) is 5.05. The van der Waals surface area contributed by atoms with Gasteiger partial charge in [-0.25, -0.2) is 4.79 Å². The first kappa shape index (κ1) is 16.6. The highest BCUT2D eigenvalue weighted by molar-refractivity contribution is 7.09. The lowest BCUT2D eigenvalue weighted by molar-refractivity contribution is -0.121. The molecule has 0 aromatic carbocycles. The summed E-state index contributed by atoms with van der Waals surface area (Å²) in [6, 6.07) is 3.53. The molecule has 126 valence electrons. The molecule has 3 aromatic rings. The number of thiophene rings is 1. The van der Waals surface area contributed by atoms with Crippen LogP contribution in [0.3, 0.4) is 0 Å². The van der Waals surface area contributed by atoms with E-state index in [1.165, 1.54) is 4.57 Å². The van der Waals surface area contributed by atoms with Crippen molar-refractivity contribution in [2.75, 3.05) is 0 Å². The van der Waals surface area contributed by atoms with Crippen LogP contribution in [0.1, 0.15) is 24.8 Å². The molecule has 1 amide bonds. The quantitative estimate of drug-likeness (QED) is 0.745. The molecule has 9 heteroatoms. The molecule has 1 N–H and O–H groups in total. The van der Waals surface area contributed by atoms with Gasteiger partial charge in [-0.2, -0.15) is 4.37 Å². The number of rotatable bonds is 5. The van der Waals surface area contributed by atoms with E-state index in [1.54, 1.807) is 30.6 Å². The van der Waals surface area contributed by atoms with Crippen LogP contribution in [0.4, 0.5) is 0 Å². The fraction of sp³-hybridized carbons (Fsp3) is 0.333. The van der Waals surface area contributed by atoms with Crippen LogP contribution >= 0.6 is 22.9 Å². The van der Waals surface area contributed by atoms with E-state index in [9.17, 15) is 14.4 Å². The Labute approximate surface area is 145 Å². The zero-order chi connectivity index (χ0) is 17.3. The minimum atomic E-state index is -0.492. The first-order chi connectivity index (χ1) is 11.5. The minimum absolute atomic E-state index is 0.147. The molecule has 0 aliphatic heterocycles. The molecular formula is C15H16N4O3S2. The molecule has 0 fully saturated rings. The summed E-state index contributed by atoms with van der Waals surface area (Å²) in [4.78, 5) is 38.3. The smallest absolute Gasteiger partial charge is 0.332 e. The summed E-state index contributed by atoms with van der Waals surface area (Å²) >= 11 is 2.65. The van der Waals surface area contributed by atoms with Gasteiger partial charge >= 0.3 is 5.69 Å². The molecule has 0 aliphatic rings. The molecule has 0 saturated heterocycles. The molecular weight excluding hydrogens is 348 g/mol. The Morgan fingerprint density at radius 3 is 2.83 bits per heavy atom. The zero-order valence-corrected chi connectivity index (χ0v) is 14.8. The number of carbonyl (C=O) groups is 1. The van der Waals surface area contributed by atoms with Gasteiger partial charge in [0, 0.05) is 16.3 Å². The third-order valence-electron chi connectivity index (χ3n) is 3.56. The van der Waals surface area contributed by atoms with Crippen molar-refractivity contribution in [3.05, 3.63) is 48.6 Å². The normalized spacial score (nSPS) is 11.3. The fourth-order valence-corrected chi connectivity index (χ4v) is 3.73. The first-order valence-electron chi connectivity index (χ1n) is 7.37. The maximum absolute atomic E-state index is 12.6. The topological polar surface area (TPSA) is 86.0 Å². The second-order valence-corrected chi connectivity index (χ2v) is 7.20. The van der Waals surface area contributed by atoms with Crippen molar-refractivity contribution in [1.29, 1.82) is 0 Å². The van der Waals surface area contributed by atoms with Gasteiger partial charge in [0.25, 0.3) is 5.56 Å². The number of hydrogen-bond acceptors (Lipinski definition) is 6. The first-order valence-corrected chi connectivity index (χ1v) is 9.09. The highest BCUT2D eigenvalue weighted by Crippen LogP contribution is 2.11. The van der Waals surface area contributed by atoms with Crippen molar-refractivity contribution in [1.82, 2.24) is 18.8 Å². The molecule has 3 aromatic heterocycles. The SMILES string of the molecule is CC(C)n1c(=O)c2nscc2n(CC(=O)NCc2cccs2)c1=O. The lowest BCUT2D eigenvalue weighted by atomic mass is 10.3. The number of nitrogens with zero attached hydrogens (tertiary/aromatic N) is 3. The summed E-state index contributed by atoms with van der Waals surface area (Å²) in [5.74, 6) is -0.285. The molecule has 0 radical (unpaired) electrons. The van der Waals surface area contributed by atoms with E-state index >= 15 is 0 Å². The summed E-state index contributed by atoms with van der Waals surface area (Å²) in [5, 5.41) is 6.34. The standard InChI is InChI=1S/C15H16N4O3S2/c1-9(2)19-14(21)13-11(8-24-17-13)18(15(19)22)7-12(20)16-6-10-4-3-5-23-10/h3-5,8-9H,6-7H2,1-2H3,(H,16,20). The summed E-state index contributed by atoms with van der Waals surface area (Å²) in [6.45, 7) is 3.77. The second-order valence-electron chi connectivity index (χ2n) is 5.54. The van der Waals surface area contributed by atoms with Crippen LogP contribution in [0.15, 0.2) is 32.5 Å². The number of amides is 1. The summed E-state index contributed by atoms with van der Waals surface area (Å²) in [6.07, 6.45) is 0. The maximum Gasteiger partial charge on any atom is 0.332 e.